The highest BCUT2D eigenvalue weighted by Crippen LogP contribution is 2.25. The third-order valence-electron chi connectivity index (χ3n) is 3.30. The maximum atomic E-state index is 11.8. The second-order valence-corrected chi connectivity index (χ2v) is 6.48. The van der Waals surface area contributed by atoms with E-state index in [1.54, 1.807) is 0 Å². The Morgan fingerprint density at radius 2 is 1.94 bits per heavy atom. The van der Waals surface area contributed by atoms with Crippen molar-refractivity contribution in [2.75, 3.05) is 12.3 Å². The van der Waals surface area contributed by atoms with Crippen molar-refractivity contribution in [3.8, 4) is 0 Å². The van der Waals surface area contributed by atoms with Gasteiger partial charge in [0, 0.05) is 6.54 Å². The van der Waals surface area contributed by atoms with Crippen LogP contribution < -0.4 is 10.0 Å². The summed E-state index contributed by atoms with van der Waals surface area (Å²) in [5.41, 5.74) is 0. The van der Waals surface area contributed by atoms with Crippen molar-refractivity contribution in [1.29, 1.82) is 0 Å². The molecule has 2 aliphatic rings. The van der Waals surface area contributed by atoms with Crippen molar-refractivity contribution in [1.82, 2.24) is 10.0 Å². The molecule has 2 rings (SSSR count). The van der Waals surface area contributed by atoms with Crippen molar-refractivity contribution in [3.63, 3.8) is 0 Å². The standard InChI is InChI=1S/C10H18N2O3S/c13-10-9(5-6-11-10)12-16(14,15)7-8-3-1-2-4-8/h8-9,12H,1-7H2,(H,11,13)/t9-/m1/s1. The van der Waals surface area contributed by atoms with Crippen molar-refractivity contribution in [2.45, 2.75) is 38.1 Å². The highest BCUT2D eigenvalue weighted by atomic mass is 32.2. The second kappa shape index (κ2) is 4.71. The van der Waals surface area contributed by atoms with Crippen molar-refractivity contribution in [3.05, 3.63) is 0 Å². The van der Waals surface area contributed by atoms with Gasteiger partial charge in [-0.05, 0) is 25.2 Å². The van der Waals surface area contributed by atoms with Crippen LogP contribution in [0, 0.1) is 5.92 Å². The summed E-state index contributed by atoms with van der Waals surface area (Å²) in [7, 11) is -3.29. The van der Waals surface area contributed by atoms with E-state index in [2.05, 4.69) is 10.0 Å². The summed E-state index contributed by atoms with van der Waals surface area (Å²) in [6.07, 6.45) is 4.81. The molecule has 0 aromatic rings. The molecule has 2 fully saturated rings. The zero-order valence-electron chi connectivity index (χ0n) is 9.24. The van der Waals surface area contributed by atoms with Gasteiger partial charge in [0.1, 0.15) is 6.04 Å². The van der Waals surface area contributed by atoms with Gasteiger partial charge in [0.25, 0.3) is 0 Å². The normalized spacial score (nSPS) is 27.2. The molecule has 1 heterocycles. The van der Waals surface area contributed by atoms with Crippen LogP contribution in [0.3, 0.4) is 0 Å². The topological polar surface area (TPSA) is 75.3 Å². The Labute approximate surface area is 96.0 Å². The molecule has 0 aromatic heterocycles. The van der Waals surface area contributed by atoms with E-state index in [4.69, 9.17) is 0 Å². The number of amides is 1. The first-order chi connectivity index (χ1) is 7.57. The van der Waals surface area contributed by atoms with E-state index in [1.807, 2.05) is 0 Å². The van der Waals surface area contributed by atoms with Crippen LogP contribution >= 0.6 is 0 Å². The molecule has 0 unspecified atom stereocenters. The first-order valence-corrected chi connectivity index (χ1v) is 7.50. The number of carbonyl (C=O) groups excluding carboxylic acids is 1. The molecule has 1 aliphatic carbocycles. The van der Waals surface area contributed by atoms with Crippen molar-refractivity contribution in [2.24, 2.45) is 5.92 Å². The fourth-order valence-corrected chi connectivity index (χ4v) is 4.17. The summed E-state index contributed by atoms with van der Waals surface area (Å²) in [6.45, 7) is 0.565. The van der Waals surface area contributed by atoms with Gasteiger partial charge in [-0.3, -0.25) is 4.79 Å². The van der Waals surface area contributed by atoms with Crippen LogP contribution in [0.5, 0.6) is 0 Å². The number of hydrogen-bond donors (Lipinski definition) is 2. The third-order valence-corrected chi connectivity index (χ3v) is 4.85. The van der Waals surface area contributed by atoms with E-state index in [0.29, 0.717) is 13.0 Å². The molecular weight excluding hydrogens is 228 g/mol. The summed E-state index contributed by atoms with van der Waals surface area (Å²) >= 11 is 0. The van der Waals surface area contributed by atoms with Crippen LogP contribution in [0.25, 0.3) is 0 Å². The second-order valence-electron chi connectivity index (χ2n) is 4.68. The molecule has 1 saturated heterocycles. The number of rotatable bonds is 4. The SMILES string of the molecule is O=C1NCC[C@H]1NS(=O)(=O)CC1CCCC1. The minimum Gasteiger partial charge on any atom is -0.355 e. The Hall–Kier alpha value is -0.620. The molecule has 1 amide bonds. The summed E-state index contributed by atoms with van der Waals surface area (Å²) in [4.78, 5) is 11.3. The molecule has 5 nitrogen and oxygen atoms in total. The molecule has 0 aromatic carbocycles. The molecule has 0 spiro atoms. The summed E-state index contributed by atoms with van der Waals surface area (Å²) in [6, 6.07) is -0.550. The number of carbonyl (C=O) groups is 1. The maximum Gasteiger partial charge on any atom is 0.238 e. The van der Waals surface area contributed by atoms with Crippen LogP contribution in [-0.4, -0.2) is 32.7 Å². The van der Waals surface area contributed by atoms with E-state index in [1.165, 1.54) is 0 Å². The van der Waals surface area contributed by atoms with Gasteiger partial charge in [0.2, 0.25) is 15.9 Å². The van der Waals surface area contributed by atoms with Gasteiger partial charge in [-0.1, -0.05) is 12.8 Å². The minimum atomic E-state index is -3.29. The molecule has 92 valence electrons. The van der Waals surface area contributed by atoms with Gasteiger partial charge in [0.15, 0.2) is 0 Å². The van der Waals surface area contributed by atoms with Crippen LogP contribution in [0.1, 0.15) is 32.1 Å². The summed E-state index contributed by atoms with van der Waals surface area (Å²) in [5, 5.41) is 2.62. The summed E-state index contributed by atoms with van der Waals surface area (Å²) in [5.74, 6) is 0.258. The van der Waals surface area contributed by atoms with Crippen LogP contribution in [0.4, 0.5) is 0 Å². The lowest BCUT2D eigenvalue weighted by molar-refractivity contribution is -0.120. The monoisotopic (exact) mass is 246 g/mol. The number of nitrogens with one attached hydrogen (secondary N) is 2. The average molecular weight is 246 g/mol. The summed E-state index contributed by atoms with van der Waals surface area (Å²) < 4.78 is 26.1. The average Bonchev–Trinajstić information content (AvgIpc) is 2.78. The largest absolute Gasteiger partial charge is 0.355 e. The van der Waals surface area contributed by atoms with E-state index in [0.717, 1.165) is 25.7 Å². The van der Waals surface area contributed by atoms with Gasteiger partial charge in [-0.15, -0.1) is 0 Å². The Kier molecular flexibility index (Phi) is 3.49. The molecule has 0 radical (unpaired) electrons. The first-order valence-electron chi connectivity index (χ1n) is 5.84. The zero-order valence-corrected chi connectivity index (χ0v) is 10.1. The Morgan fingerprint density at radius 1 is 1.25 bits per heavy atom. The van der Waals surface area contributed by atoms with E-state index < -0.39 is 16.1 Å². The van der Waals surface area contributed by atoms with Gasteiger partial charge in [0.05, 0.1) is 5.75 Å². The molecule has 0 bridgehead atoms. The number of sulfonamides is 1. The van der Waals surface area contributed by atoms with E-state index in [-0.39, 0.29) is 17.6 Å². The van der Waals surface area contributed by atoms with Gasteiger partial charge in [-0.2, -0.15) is 0 Å². The zero-order chi connectivity index (χ0) is 11.6. The van der Waals surface area contributed by atoms with Gasteiger partial charge >= 0.3 is 0 Å². The van der Waals surface area contributed by atoms with Crippen LogP contribution in [0.2, 0.25) is 0 Å². The third kappa shape index (κ3) is 2.95. The lowest BCUT2D eigenvalue weighted by atomic mass is 10.1. The molecule has 2 N–H and O–H groups in total. The first kappa shape index (κ1) is 11.9. The predicted octanol–water partition coefficient (Wildman–Crippen LogP) is -0.0155. The molecule has 1 saturated carbocycles. The van der Waals surface area contributed by atoms with Crippen LogP contribution in [0.15, 0.2) is 0 Å². The van der Waals surface area contributed by atoms with E-state index in [9.17, 15) is 13.2 Å². The Bertz CT molecular complexity index is 360. The molecular formula is C10H18N2O3S. The molecule has 6 heteroatoms. The Balaban J connectivity index is 1.89. The van der Waals surface area contributed by atoms with Gasteiger partial charge < -0.3 is 5.32 Å². The quantitative estimate of drug-likeness (QED) is 0.732. The smallest absolute Gasteiger partial charge is 0.238 e. The minimum absolute atomic E-state index is 0.177. The maximum absolute atomic E-state index is 11.8. The van der Waals surface area contributed by atoms with Crippen LogP contribution in [-0.2, 0) is 14.8 Å². The van der Waals surface area contributed by atoms with Crippen molar-refractivity contribution < 1.29 is 13.2 Å². The van der Waals surface area contributed by atoms with Crippen molar-refractivity contribution >= 4 is 15.9 Å². The lowest BCUT2D eigenvalue weighted by Crippen LogP contribution is -2.42. The van der Waals surface area contributed by atoms with E-state index >= 15 is 0 Å². The Morgan fingerprint density at radius 3 is 2.50 bits per heavy atom. The molecule has 1 atom stereocenters. The number of hydrogen-bond acceptors (Lipinski definition) is 3. The fraction of sp³-hybridized carbons (Fsp3) is 0.900. The highest BCUT2D eigenvalue weighted by molar-refractivity contribution is 7.89. The lowest BCUT2D eigenvalue weighted by Gasteiger charge is -2.13. The highest BCUT2D eigenvalue weighted by Gasteiger charge is 2.30. The fourth-order valence-electron chi connectivity index (χ4n) is 2.46. The predicted molar refractivity (Wildman–Crippen MR) is 60.3 cm³/mol. The van der Waals surface area contributed by atoms with Gasteiger partial charge in [-0.25, -0.2) is 13.1 Å². The molecule has 16 heavy (non-hydrogen) atoms. The molecule has 1 aliphatic heterocycles.